The smallest absolute Gasteiger partial charge is 0.247 e. The van der Waals surface area contributed by atoms with Crippen LogP contribution in [0.4, 0.5) is 0 Å². The zero-order valence-corrected chi connectivity index (χ0v) is 14.1. The van der Waals surface area contributed by atoms with Crippen molar-refractivity contribution in [2.75, 3.05) is 7.05 Å². The van der Waals surface area contributed by atoms with Crippen LogP contribution in [0.25, 0.3) is 11.0 Å². The van der Waals surface area contributed by atoms with Crippen molar-refractivity contribution in [3.8, 4) is 0 Å². The first-order valence-electron chi connectivity index (χ1n) is 7.48. The van der Waals surface area contributed by atoms with Crippen molar-refractivity contribution in [3.63, 3.8) is 0 Å². The molecule has 1 atom stereocenters. The minimum Gasteiger partial charge on any atom is -0.338 e. The summed E-state index contributed by atoms with van der Waals surface area (Å²) in [6, 6.07) is 1.53. The van der Waals surface area contributed by atoms with E-state index < -0.39 is 0 Å². The van der Waals surface area contributed by atoms with Crippen LogP contribution in [0.1, 0.15) is 24.4 Å². The van der Waals surface area contributed by atoms with Gasteiger partial charge in [-0.15, -0.1) is 0 Å². The Morgan fingerprint density at radius 2 is 2.04 bits per heavy atom. The van der Waals surface area contributed by atoms with Crippen LogP contribution in [0.2, 0.25) is 0 Å². The van der Waals surface area contributed by atoms with Gasteiger partial charge in [-0.2, -0.15) is 15.3 Å². The highest BCUT2D eigenvalue weighted by Crippen LogP contribution is 2.19. The van der Waals surface area contributed by atoms with Gasteiger partial charge in [0, 0.05) is 27.3 Å². The number of hydrogen-bond donors (Lipinski definition) is 0. The van der Waals surface area contributed by atoms with E-state index in [1.165, 1.54) is 0 Å². The maximum atomic E-state index is 12.7. The molecule has 0 aliphatic carbocycles. The fraction of sp³-hybridized carbons (Fsp3) is 0.467. The minimum absolute atomic E-state index is 0.00428. The molecule has 0 N–H and O–H groups in total. The van der Waals surface area contributed by atoms with Gasteiger partial charge < -0.3 is 4.90 Å². The second kappa shape index (κ2) is 5.53. The molecule has 1 amide bonds. The second-order valence-electron chi connectivity index (χ2n) is 5.87. The SMILES string of the molecule is Cc1nn(C)c2cn([C@H](C)C(=O)N(C)Cc3ccnn3C)nc12. The van der Waals surface area contributed by atoms with E-state index in [-0.39, 0.29) is 11.9 Å². The summed E-state index contributed by atoms with van der Waals surface area (Å²) < 4.78 is 5.26. The summed E-state index contributed by atoms with van der Waals surface area (Å²) in [4.78, 5) is 14.4. The van der Waals surface area contributed by atoms with Gasteiger partial charge in [-0.3, -0.25) is 18.8 Å². The van der Waals surface area contributed by atoms with E-state index in [2.05, 4.69) is 15.3 Å². The first-order chi connectivity index (χ1) is 10.9. The molecule has 3 heterocycles. The van der Waals surface area contributed by atoms with E-state index in [1.54, 1.807) is 32.2 Å². The first kappa shape index (κ1) is 15.3. The molecule has 0 aromatic carbocycles. The third kappa shape index (κ3) is 2.60. The molecule has 3 rings (SSSR count). The molecule has 23 heavy (non-hydrogen) atoms. The molecule has 0 saturated carbocycles. The number of carbonyl (C=O) groups excluding carboxylic acids is 1. The van der Waals surface area contributed by atoms with Gasteiger partial charge in [-0.1, -0.05) is 0 Å². The molecule has 0 bridgehead atoms. The van der Waals surface area contributed by atoms with Crippen LogP contribution in [-0.2, 0) is 25.4 Å². The van der Waals surface area contributed by atoms with E-state index in [4.69, 9.17) is 0 Å². The van der Waals surface area contributed by atoms with Crippen molar-refractivity contribution in [2.45, 2.75) is 26.4 Å². The maximum Gasteiger partial charge on any atom is 0.247 e. The predicted molar refractivity (Wildman–Crippen MR) is 85.6 cm³/mol. The van der Waals surface area contributed by atoms with E-state index in [9.17, 15) is 4.79 Å². The van der Waals surface area contributed by atoms with Gasteiger partial charge in [0.1, 0.15) is 17.1 Å². The average Bonchev–Trinajstić information content (AvgIpc) is 3.18. The monoisotopic (exact) mass is 315 g/mol. The molecule has 0 aliphatic heterocycles. The highest BCUT2D eigenvalue weighted by atomic mass is 16.2. The molecular formula is C15H21N7O. The third-order valence-electron chi connectivity index (χ3n) is 4.16. The number of nitrogens with zero attached hydrogens (tertiary/aromatic N) is 7. The molecule has 0 unspecified atom stereocenters. The Morgan fingerprint density at radius 1 is 1.30 bits per heavy atom. The predicted octanol–water partition coefficient (Wildman–Crippen LogP) is 1.03. The van der Waals surface area contributed by atoms with Crippen molar-refractivity contribution in [1.29, 1.82) is 0 Å². The number of rotatable bonds is 4. The highest BCUT2D eigenvalue weighted by molar-refractivity contribution is 5.81. The van der Waals surface area contributed by atoms with Gasteiger partial charge in [0.25, 0.3) is 0 Å². The Labute approximate surface area is 134 Å². The lowest BCUT2D eigenvalue weighted by atomic mass is 10.3. The summed E-state index contributed by atoms with van der Waals surface area (Å²) in [5.41, 5.74) is 3.61. The van der Waals surface area contributed by atoms with Gasteiger partial charge in [-0.05, 0) is 19.9 Å². The van der Waals surface area contributed by atoms with Crippen LogP contribution in [0.15, 0.2) is 18.5 Å². The lowest BCUT2D eigenvalue weighted by Gasteiger charge is -2.21. The number of aryl methyl sites for hydroxylation is 3. The van der Waals surface area contributed by atoms with Crippen LogP contribution in [0, 0.1) is 6.92 Å². The summed E-state index contributed by atoms with van der Waals surface area (Å²) in [5.74, 6) is 0.00428. The molecule has 0 radical (unpaired) electrons. The number of carbonyl (C=O) groups is 1. The second-order valence-corrected chi connectivity index (χ2v) is 5.87. The average molecular weight is 315 g/mol. The van der Waals surface area contributed by atoms with Gasteiger partial charge in [0.2, 0.25) is 5.91 Å². The lowest BCUT2D eigenvalue weighted by Crippen LogP contribution is -2.33. The van der Waals surface area contributed by atoms with Crippen molar-refractivity contribution in [1.82, 2.24) is 34.2 Å². The highest BCUT2D eigenvalue weighted by Gasteiger charge is 2.22. The summed E-state index contributed by atoms with van der Waals surface area (Å²) in [7, 11) is 5.54. The number of fused-ring (bicyclic) bond motifs is 1. The van der Waals surface area contributed by atoms with Crippen LogP contribution in [0.5, 0.6) is 0 Å². The Kier molecular flexibility index (Phi) is 3.67. The normalized spacial score (nSPS) is 12.7. The molecule has 0 spiro atoms. The van der Waals surface area contributed by atoms with Crippen molar-refractivity contribution in [3.05, 3.63) is 29.8 Å². The van der Waals surface area contributed by atoms with Crippen LogP contribution in [0.3, 0.4) is 0 Å². The largest absolute Gasteiger partial charge is 0.338 e. The summed E-state index contributed by atoms with van der Waals surface area (Å²) >= 11 is 0. The van der Waals surface area contributed by atoms with Crippen LogP contribution in [-0.4, -0.2) is 47.2 Å². The fourth-order valence-electron chi connectivity index (χ4n) is 2.71. The standard InChI is InChI=1S/C15H21N7O/c1-10-14-13(21(5)17-10)9-22(18-14)11(2)15(23)19(3)8-12-6-7-16-20(12)4/h6-7,9,11H,8H2,1-5H3/t11-/m1/s1. The van der Waals surface area contributed by atoms with Crippen LogP contribution >= 0.6 is 0 Å². The Bertz CT molecular complexity index is 822. The van der Waals surface area contributed by atoms with E-state index in [0.29, 0.717) is 6.54 Å². The molecular weight excluding hydrogens is 294 g/mol. The molecule has 0 fully saturated rings. The van der Waals surface area contributed by atoms with Gasteiger partial charge >= 0.3 is 0 Å². The van der Waals surface area contributed by atoms with E-state index >= 15 is 0 Å². The Balaban J connectivity index is 1.80. The fourth-order valence-corrected chi connectivity index (χ4v) is 2.71. The van der Waals surface area contributed by atoms with E-state index in [1.807, 2.05) is 40.2 Å². The molecule has 8 heteroatoms. The van der Waals surface area contributed by atoms with Crippen molar-refractivity contribution >= 4 is 16.9 Å². The Hall–Kier alpha value is -2.64. The maximum absolute atomic E-state index is 12.7. The molecule has 122 valence electrons. The van der Waals surface area contributed by atoms with Gasteiger partial charge in [0.05, 0.1) is 24.1 Å². The molecule has 0 saturated heterocycles. The summed E-state index contributed by atoms with van der Waals surface area (Å²) in [6.45, 7) is 4.29. The van der Waals surface area contributed by atoms with Gasteiger partial charge in [-0.25, -0.2) is 0 Å². The summed E-state index contributed by atoms with van der Waals surface area (Å²) in [6.07, 6.45) is 3.60. The minimum atomic E-state index is -0.375. The van der Waals surface area contributed by atoms with Crippen molar-refractivity contribution < 1.29 is 4.79 Å². The first-order valence-corrected chi connectivity index (χ1v) is 7.48. The number of hydrogen-bond acceptors (Lipinski definition) is 4. The lowest BCUT2D eigenvalue weighted by molar-refractivity contribution is -0.133. The number of likely N-dealkylation sites (N-methyl/N-ethyl adjacent to an activating group) is 1. The topological polar surface area (TPSA) is 73.8 Å². The van der Waals surface area contributed by atoms with Crippen molar-refractivity contribution in [2.24, 2.45) is 14.1 Å². The van der Waals surface area contributed by atoms with E-state index in [0.717, 1.165) is 22.4 Å². The quantitative estimate of drug-likeness (QED) is 0.721. The third-order valence-corrected chi connectivity index (χ3v) is 4.16. The zero-order chi connectivity index (χ0) is 16.7. The Morgan fingerprint density at radius 3 is 2.65 bits per heavy atom. The molecule has 3 aromatic heterocycles. The zero-order valence-electron chi connectivity index (χ0n) is 14.1. The molecule has 8 nitrogen and oxygen atoms in total. The number of aromatic nitrogens is 6. The summed E-state index contributed by atoms with van der Waals surface area (Å²) in [5, 5.41) is 13.0. The molecule has 0 aliphatic rings. The van der Waals surface area contributed by atoms with Crippen LogP contribution < -0.4 is 0 Å². The van der Waals surface area contributed by atoms with Gasteiger partial charge in [0.15, 0.2) is 0 Å². The molecule has 3 aromatic rings. The number of amides is 1.